The van der Waals surface area contributed by atoms with E-state index < -0.39 is 6.10 Å². The molecular weight excluding hydrogens is 504 g/mol. The molecule has 41 heavy (non-hydrogen) atoms. The molecule has 204 valence electrons. The maximum absolute atomic E-state index is 12.3. The number of aliphatic hydroxyl groups excluding tert-OH is 1. The molecule has 5 atom stereocenters. The largest absolute Gasteiger partial charge is 0.497 e. The molecule has 6 aromatic rings. The van der Waals surface area contributed by atoms with E-state index in [1.54, 1.807) is 7.11 Å². The smallest absolute Gasteiger partial charge is 0.131 e. The molecule has 0 unspecified atom stereocenters. The highest BCUT2D eigenvalue weighted by molar-refractivity contribution is 6.23. The number of pyridine rings is 1. The van der Waals surface area contributed by atoms with Gasteiger partial charge in [-0.2, -0.15) is 0 Å². The van der Waals surface area contributed by atoms with Crippen LogP contribution < -0.4 is 4.74 Å². The average Bonchev–Trinajstić information content (AvgIpc) is 3.03. The van der Waals surface area contributed by atoms with Crippen molar-refractivity contribution in [3.05, 3.63) is 109 Å². The van der Waals surface area contributed by atoms with Crippen LogP contribution in [0.3, 0.4) is 0 Å². The third-order valence-corrected chi connectivity index (χ3v) is 10.4. The minimum absolute atomic E-state index is 0.0975. The van der Waals surface area contributed by atoms with E-state index in [0.29, 0.717) is 11.8 Å². The summed E-state index contributed by atoms with van der Waals surface area (Å²) >= 11 is 0. The number of aliphatic hydroxyl groups is 1. The fourth-order valence-corrected chi connectivity index (χ4v) is 8.39. The van der Waals surface area contributed by atoms with E-state index in [2.05, 4.69) is 72.2 Å². The first-order valence-electron chi connectivity index (χ1n) is 14.8. The third-order valence-electron chi connectivity index (χ3n) is 10.4. The van der Waals surface area contributed by atoms with Gasteiger partial charge in [0, 0.05) is 35.9 Å². The summed E-state index contributed by atoms with van der Waals surface area (Å²) in [6, 6.07) is 28.4. The number of fused-ring (bicyclic) bond motifs is 4. The Kier molecular flexibility index (Phi) is 5.60. The van der Waals surface area contributed by atoms with E-state index >= 15 is 0 Å². The summed E-state index contributed by atoms with van der Waals surface area (Å²) in [4.78, 5) is 4.59. The molecule has 4 heterocycles. The van der Waals surface area contributed by atoms with Gasteiger partial charge in [0.25, 0.3) is 0 Å². The van der Waals surface area contributed by atoms with Gasteiger partial charge in [0.15, 0.2) is 0 Å². The second-order valence-corrected chi connectivity index (χ2v) is 12.3. The van der Waals surface area contributed by atoms with Crippen molar-refractivity contribution < 1.29 is 14.3 Å². The van der Waals surface area contributed by atoms with Gasteiger partial charge < -0.3 is 14.3 Å². The van der Waals surface area contributed by atoms with Crippen molar-refractivity contribution in [2.24, 2.45) is 11.8 Å². The molecule has 3 saturated heterocycles. The van der Waals surface area contributed by atoms with E-state index in [9.17, 15) is 5.11 Å². The summed E-state index contributed by atoms with van der Waals surface area (Å²) in [7, 11) is 1.69. The SMILES string of the molecule is C=C[C@H]1C[N@+]2(Cc3ccc4ccc5cccc6ccc3c4c56)CC[C@H]1C[C@H]2[C@H](O)c1ccnc2ccc(OC)cc12. The fraction of sp³-hybridized carbons (Fsp3) is 0.270. The molecule has 9 rings (SSSR count). The van der Waals surface area contributed by atoms with Gasteiger partial charge in [-0.15, -0.1) is 6.58 Å². The molecule has 0 aliphatic carbocycles. The van der Waals surface area contributed by atoms with Crippen LogP contribution in [0.25, 0.3) is 43.2 Å². The van der Waals surface area contributed by atoms with Crippen LogP contribution in [0, 0.1) is 11.8 Å². The molecule has 3 fully saturated rings. The Balaban J connectivity index is 1.27. The van der Waals surface area contributed by atoms with Gasteiger partial charge in [0.1, 0.15) is 24.4 Å². The molecule has 3 aliphatic heterocycles. The summed E-state index contributed by atoms with van der Waals surface area (Å²) in [5.41, 5.74) is 3.22. The van der Waals surface area contributed by atoms with E-state index in [0.717, 1.165) is 52.8 Å². The van der Waals surface area contributed by atoms with Crippen LogP contribution in [0.5, 0.6) is 5.75 Å². The maximum atomic E-state index is 12.3. The van der Waals surface area contributed by atoms with Gasteiger partial charge in [-0.05, 0) is 68.1 Å². The highest BCUT2D eigenvalue weighted by atomic mass is 16.5. The normalized spacial score (nSPS) is 24.9. The first kappa shape index (κ1) is 24.8. The standard InChI is InChI=1S/C37H35N2O2/c1-3-23-21-39(22-28-10-9-26-8-7-24-5-4-6-25-11-13-30(28)36(26)35(24)25)18-16-27(23)19-34(39)37(40)31-15-17-38-33-14-12-29(41-2)20-32(31)33/h3-15,17,20,23,27,34,37,40H,1,16,18-19,21-22H2,2H3/q+1/t23-,27-,34-,37+,39-/m0/s1. The zero-order valence-electron chi connectivity index (χ0n) is 23.5. The van der Waals surface area contributed by atoms with Gasteiger partial charge in [-0.3, -0.25) is 4.98 Å². The Morgan fingerprint density at radius 1 is 0.976 bits per heavy atom. The van der Waals surface area contributed by atoms with E-state index in [-0.39, 0.29) is 6.04 Å². The van der Waals surface area contributed by atoms with Crippen molar-refractivity contribution in [3.63, 3.8) is 0 Å². The number of ether oxygens (including phenoxy) is 1. The molecule has 1 aromatic heterocycles. The Labute approximate surface area is 240 Å². The second kappa shape index (κ2) is 9.27. The summed E-state index contributed by atoms with van der Waals surface area (Å²) in [5.74, 6) is 1.83. The average molecular weight is 540 g/mol. The Hall–Kier alpha value is -3.99. The van der Waals surface area contributed by atoms with Gasteiger partial charge in [-0.25, -0.2) is 0 Å². The van der Waals surface area contributed by atoms with Gasteiger partial charge in [0.2, 0.25) is 0 Å². The highest BCUT2D eigenvalue weighted by Gasteiger charge is 2.54. The third kappa shape index (κ3) is 3.71. The van der Waals surface area contributed by atoms with Crippen molar-refractivity contribution in [2.75, 3.05) is 20.2 Å². The van der Waals surface area contributed by atoms with Crippen LogP contribution >= 0.6 is 0 Å². The van der Waals surface area contributed by atoms with E-state index in [1.807, 2.05) is 30.5 Å². The molecular formula is C37H35N2O2+. The van der Waals surface area contributed by atoms with Gasteiger partial charge >= 0.3 is 0 Å². The zero-order valence-corrected chi connectivity index (χ0v) is 23.5. The van der Waals surface area contributed by atoms with Gasteiger partial charge in [0.05, 0.1) is 25.7 Å². The molecule has 0 saturated carbocycles. The quantitative estimate of drug-likeness (QED) is 0.133. The fourth-order valence-electron chi connectivity index (χ4n) is 8.39. The van der Waals surface area contributed by atoms with Crippen LogP contribution in [0.2, 0.25) is 0 Å². The lowest BCUT2D eigenvalue weighted by Gasteiger charge is -2.58. The minimum atomic E-state index is -0.596. The summed E-state index contributed by atoms with van der Waals surface area (Å²) in [6.45, 7) is 7.23. The number of methoxy groups -OCH3 is 1. The monoisotopic (exact) mass is 539 g/mol. The van der Waals surface area contributed by atoms with Crippen LogP contribution in [-0.2, 0) is 6.54 Å². The summed E-state index contributed by atoms with van der Waals surface area (Å²) < 4.78 is 6.43. The van der Waals surface area contributed by atoms with Crippen LogP contribution in [0.15, 0.2) is 97.7 Å². The van der Waals surface area contributed by atoms with Crippen molar-refractivity contribution in [1.29, 1.82) is 0 Å². The first-order valence-corrected chi connectivity index (χ1v) is 14.8. The van der Waals surface area contributed by atoms with Crippen molar-refractivity contribution in [1.82, 2.24) is 4.98 Å². The molecule has 3 aliphatic rings. The van der Waals surface area contributed by atoms with Crippen molar-refractivity contribution in [2.45, 2.75) is 31.5 Å². The number of nitrogens with zero attached hydrogens (tertiary/aromatic N) is 2. The van der Waals surface area contributed by atoms with Crippen LogP contribution in [0.4, 0.5) is 0 Å². The number of aromatic nitrogens is 1. The van der Waals surface area contributed by atoms with Gasteiger partial charge in [-0.1, -0.05) is 60.7 Å². The van der Waals surface area contributed by atoms with Crippen molar-refractivity contribution >= 4 is 43.2 Å². The number of piperidine rings is 3. The van der Waals surface area contributed by atoms with Crippen LogP contribution in [-0.4, -0.2) is 40.8 Å². The number of hydrogen-bond donors (Lipinski definition) is 1. The Bertz CT molecular complexity index is 1930. The molecule has 1 N–H and O–H groups in total. The molecule has 2 bridgehead atoms. The molecule has 4 heteroatoms. The number of quaternary nitrogens is 1. The number of benzene rings is 5. The molecule has 0 amide bonds. The first-order chi connectivity index (χ1) is 20.1. The highest BCUT2D eigenvalue weighted by Crippen LogP contribution is 2.49. The Morgan fingerprint density at radius 3 is 2.56 bits per heavy atom. The van der Waals surface area contributed by atoms with Crippen molar-refractivity contribution in [3.8, 4) is 5.75 Å². The lowest BCUT2D eigenvalue weighted by molar-refractivity contribution is -0.984. The second-order valence-electron chi connectivity index (χ2n) is 12.3. The lowest BCUT2D eigenvalue weighted by atomic mass is 9.71. The molecule has 0 spiro atoms. The van der Waals surface area contributed by atoms with E-state index in [1.165, 1.54) is 44.3 Å². The predicted molar refractivity (Wildman–Crippen MR) is 167 cm³/mol. The summed E-state index contributed by atoms with van der Waals surface area (Å²) in [6.07, 6.45) is 5.59. The predicted octanol–water partition coefficient (Wildman–Crippen LogP) is 7.79. The Morgan fingerprint density at radius 2 is 1.76 bits per heavy atom. The molecule has 4 nitrogen and oxygen atoms in total. The molecule has 0 radical (unpaired) electrons. The number of hydrogen-bond acceptors (Lipinski definition) is 3. The zero-order chi connectivity index (χ0) is 27.7. The summed E-state index contributed by atoms with van der Waals surface area (Å²) in [5, 5.41) is 21.2. The minimum Gasteiger partial charge on any atom is -0.497 e. The lowest BCUT2D eigenvalue weighted by Crippen LogP contribution is -2.67. The topological polar surface area (TPSA) is 42.4 Å². The number of rotatable bonds is 6. The molecule has 5 aromatic carbocycles. The maximum Gasteiger partial charge on any atom is 0.131 e. The van der Waals surface area contributed by atoms with E-state index in [4.69, 9.17) is 4.74 Å². The van der Waals surface area contributed by atoms with Crippen LogP contribution in [0.1, 0.15) is 30.1 Å².